The van der Waals surface area contributed by atoms with E-state index in [1.165, 1.54) is 7.11 Å². The Morgan fingerprint density at radius 1 is 0.829 bits per heavy atom. The van der Waals surface area contributed by atoms with Crippen LogP contribution in [0.1, 0.15) is 113 Å². The van der Waals surface area contributed by atoms with Crippen molar-refractivity contribution in [3.8, 4) is 0 Å². The molecule has 196 valence electrons. The molecule has 0 aromatic rings. The van der Waals surface area contributed by atoms with Gasteiger partial charge >= 0.3 is 5.97 Å². The van der Waals surface area contributed by atoms with Crippen molar-refractivity contribution in [2.24, 2.45) is 56.2 Å². The average molecular weight is 485 g/mol. The lowest BCUT2D eigenvalue weighted by molar-refractivity contribution is -0.236. The topological polar surface area (TPSA) is 60.4 Å². The van der Waals surface area contributed by atoms with E-state index < -0.39 is 5.41 Å². The van der Waals surface area contributed by atoms with Gasteiger partial charge in [-0.05, 0) is 90.8 Å². The maximum atomic E-state index is 14.4. The van der Waals surface area contributed by atoms with E-state index in [2.05, 4.69) is 48.5 Å². The summed E-state index contributed by atoms with van der Waals surface area (Å²) in [6, 6.07) is 0. The molecule has 5 aliphatic carbocycles. The van der Waals surface area contributed by atoms with E-state index in [0.29, 0.717) is 36.2 Å². The molecule has 5 aliphatic rings. The molecule has 5 saturated carbocycles. The Balaban J connectivity index is 1.60. The second-order valence-corrected chi connectivity index (χ2v) is 15.4. The number of esters is 1. The van der Waals surface area contributed by atoms with Crippen molar-refractivity contribution in [3.05, 3.63) is 0 Å². The molecular weight excluding hydrogens is 436 g/mol. The summed E-state index contributed by atoms with van der Waals surface area (Å²) >= 11 is 0. The third kappa shape index (κ3) is 3.06. The average Bonchev–Trinajstić information content (AvgIpc) is 2.77. The highest BCUT2D eigenvalue weighted by molar-refractivity contribution is 5.88. The van der Waals surface area contributed by atoms with Gasteiger partial charge in [-0.2, -0.15) is 0 Å². The van der Waals surface area contributed by atoms with Gasteiger partial charge in [0.15, 0.2) is 0 Å². The number of carbonyl (C=O) groups excluding carboxylic acids is 3. The van der Waals surface area contributed by atoms with E-state index in [1.54, 1.807) is 0 Å². The van der Waals surface area contributed by atoms with Crippen molar-refractivity contribution >= 4 is 17.5 Å². The van der Waals surface area contributed by atoms with E-state index in [4.69, 9.17) is 4.74 Å². The molecule has 0 aliphatic heterocycles. The van der Waals surface area contributed by atoms with E-state index in [0.717, 1.165) is 51.4 Å². The van der Waals surface area contributed by atoms with Crippen molar-refractivity contribution in [1.29, 1.82) is 0 Å². The molecule has 0 N–H and O–H groups in total. The lowest BCUT2D eigenvalue weighted by atomic mass is 9.31. The number of Topliss-reactive ketones (excluding diaryl/α,β-unsaturated/α-hetero) is 2. The zero-order valence-corrected chi connectivity index (χ0v) is 23.5. The number of hydrogen-bond donors (Lipinski definition) is 0. The van der Waals surface area contributed by atoms with Crippen LogP contribution in [0.4, 0.5) is 0 Å². The monoisotopic (exact) mass is 484 g/mol. The van der Waals surface area contributed by atoms with Crippen LogP contribution in [-0.4, -0.2) is 24.6 Å². The number of ether oxygens (including phenoxy) is 1. The Morgan fingerprint density at radius 3 is 2.14 bits per heavy atom. The number of hydrogen-bond acceptors (Lipinski definition) is 4. The van der Waals surface area contributed by atoms with Crippen LogP contribution in [0.25, 0.3) is 0 Å². The van der Waals surface area contributed by atoms with Crippen LogP contribution in [-0.2, 0) is 19.1 Å². The van der Waals surface area contributed by atoms with Gasteiger partial charge in [0.1, 0.15) is 11.6 Å². The predicted molar refractivity (Wildman–Crippen MR) is 136 cm³/mol. The highest BCUT2D eigenvalue weighted by atomic mass is 16.5. The SMILES string of the molecule is COC(=O)C12CCC(C)(C)CC1[C@H]1C(=O)C[C@@H]3[C@@]4(C)CCC(=O)C(C)(C)[C@@H]4CC[C@@]3(C)[C@]1(C)CC2. The summed E-state index contributed by atoms with van der Waals surface area (Å²) in [5.74, 6) is 1.35. The van der Waals surface area contributed by atoms with Gasteiger partial charge in [-0.25, -0.2) is 0 Å². The predicted octanol–water partition coefficient (Wildman–Crippen LogP) is 6.79. The summed E-state index contributed by atoms with van der Waals surface area (Å²) in [4.78, 5) is 40.7. The number of carbonyl (C=O) groups is 3. The summed E-state index contributed by atoms with van der Waals surface area (Å²) < 4.78 is 5.44. The molecular formula is C31H48O4. The van der Waals surface area contributed by atoms with Crippen molar-refractivity contribution in [3.63, 3.8) is 0 Å². The zero-order valence-electron chi connectivity index (χ0n) is 23.5. The van der Waals surface area contributed by atoms with E-state index in [-0.39, 0.29) is 44.9 Å². The first-order valence-electron chi connectivity index (χ1n) is 14.2. The minimum atomic E-state index is -0.506. The van der Waals surface area contributed by atoms with Gasteiger partial charge in [-0.1, -0.05) is 48.5 Å². The molecule has 5 rings (SSSR count). The molecule has 0 bridgehead atoms. The van der Waals surface area contributed by atoms with Gasteiger partial charge in [-0.15, -0.1) is 0 Å². The minimum absolute atomic E-state index is 0.0107. The van der Waals surface area contributed by atoms with Gasteiger partial charge < -0.3 is 4.74 Å². The molecule has 5 fully saturated rings. The standard InChI is InChI=1S/C31H48O4/c1-26(2)13-15-31(25(34)35-8)16-14-30(7)24(19(31)18-26)20(32)17-22-28(5)11-10-23(33)27(3,4)21(28)9-12-29(22,30)6/h19,21-22,24H,9-18H2,1-8H3/t19?,21-,22+,24-,28-,29+,30+,31?/m0/s1. The van der Waals surface area contributed by atoms with Crippen molar-refractivity contribution in [1.82, 2.24) is 0 Å². The molecule has 0 saturated heterocycles. The molecule has 4 nitrogen and oxygen atoms in total. The van der Waals surface area contributed by atoms with Crippen LogP contribution >= 0.6 is 0 Å². The van der Waals surface area contributed by atoms with E-state index in [9.17, 15) is 14.4 Å². The van der Waals surface area contributed by atoms with E-state index in [1.807, 2.05) is 0 Å². The Bertz CT molecular complexity index is 963. The molecule has 35 heavy (non-hydrogen) atoms. The molecule has 0 radical (unpaired) electrons. The molecule has 0 spiro atoms. The smallest absolute Gasteiger partial charge is 0.312 e. The fourth-order valence-corrected chi connectivity index (χ4v) is 11.1. The summed E-state index contributed by atoms with van der Waals surface area (Å²) in [7, 11) is 1.52. The second-order valence-electron chi connectivity index (χ2n) is 15.4. The molecule has 4 heteroatoms. The second kappa shape index (κ2) is 7.44. The summed E-state index contributed by atoms with van der Waals surface area (Å²) in [5.41, 5.74) is -0.755. The first-order chi connectivity index (χ1) is 16.1. The minimum Gasteiger partial charge on any atom is -0.469 e. The number of rotatable bonds is 1. The van der Waals surface area contributed by atoms with Crippen LogP contribution in [0.5, 0.6) is 0 Å². The van der Waals surface area contributed by atoms with Crippen molar-refractivity contribution < 1.29 is 19.1 Å². The van der Waals surface area contributed by atoms with Gasteiger partial charge in [0.2, 0.25) is 0 Å². The van der Waals surface area contributed by atoms with Crippen molar-refractivity contribution in [2.75, 3.05) is 7.11 Å². The largest absolute Gasteiger partial charge is 0.469 e. The molecule has 0 aromatic heterocycles. The highest BCUT2D eigenvalue weighted by Gasteiger charge is 2.73. The Labute approximate surface area is 212 Å². The molecule has 0 heterocycles. The summed E-state index contributed by atoms with van der Waals surface area (Å²) in [5, 5.41) is 0. The normalized spacial score (nSPS) is 50.3. The van der Waals surface area contributed by atoms with Gasteiger partial charge in [0.05, 0.1) is 12.5 Å². The maximum absolute atomic E-state index is 14.4. The van der Waals surface area contributed by atoms with Gasteiger partial charge in [-0.3, -0.25) is 14.4 Å². The van der Waals surface area contributed by atoms with Crippen molar-refractivity contribution in [2.45, 2.75) is 113 Å². The summed E-state index contributed by atoms with van der Waals surface area (Å²) in [6.45, 7) is 16.2. The molecule has 0 amide bonds. The third-order valence-corrected chi connectivity index (χ3v) is 13.4. The third-order valence-electron chi connectivity index (χ3n) is 13.4. The van der Waals surface area contributed by atoms with Crippen LogP contribution in [0, 0.1) is 56.2 Å². The maximum Gasteiger partial charge on any atom is 0.312 e. The van der Waals surface area contributed by atoms with Crippen LogP contribution in [0.2, 0.25) is 0 Å². The van der Waals surface area contributed by atoms with Crippen LogP contribution in [0.15, 0.2) is 0 Å². The molecule has 0 aromatic carbocycles. The van der Waals surface area contributed by atoms with Gasteiger partial charge in [0.25, 0.3) is 0 Å². The zero-order chi connectivity index (χ0) is 25.8. The lowest BCUT2D eigenvalue weighted by Crippen LogP contribution is -2.69. The number of ketones is 2. The Kier molecular flexibility index (Phi) is 5.41. The van der Waals surface area contributed by atoms with Gasteiger partial charge in [0, 0.05) is 24.2 Å². The summed E-state index contributed by atoms with van der Waals surface area (Å²) in [6.07, 6.45) is 8.86. The Morgan fingerprint density at radius 2 is 1.49 bits per heavy atom. The van der Waals surface area contributed by atoms with Crippen LogP contribution < -0.4 is 0 Å². The van der Waals surface area contributed by atoms with Crippen LogP contribution in [0.3, 0.4) is 0 Å². The fourth-order valence-electron chi connectivity index (χ4n) is 11.1. The highest BCUT2D eigenvalue weighted by Crippen LogP contribution is 2.76. The number of fused-ring (bicyclic) bond motifs is 7. The first kappa shape index (κ1) is 25.5. The van der Waals surface area contributed by atoms with E-state index >= 15 is 0 Å². The molecule has 2 unspecified atom stereocenters. The Hall–Kier alpha value is -1.19. The first-order valence-corrected chi connectivity index (χ1v) is 14.2. The quantitative estimate of drug-likeness (QED) is 0.385. The fraction of sp³-hybridized carbons (Fsp3) is 0.903. The number of methoxy groups -OCH3 is 1. The molecule has 8 atom stereocenters. The lowest BCUT2D eigenvalue weighted by Gasteiger charge is -2.72.